The summed E-state index contributed by atoms with van der Waals surface area (Å²) in [4.78, 5) is 8.28. The van der Waals surface area contributed by atoms with Gasteiger partial charge in [-0.3, -0.25) is 4.90 Å². The number of thiophene rings is 1. The van der Waals surface area contributed by atoms with Crippen molar-refractivity contribution in [3.05, 3.63) is 58.3 Å². The van der Waals surface area contributed by atoms with E-state index in [2.05, 4.69) is 46.5 Å². The number of nitrogens with two attached hydrogens (primary N) is 1. The number of anilines is 1. The molecular weight excluding hydrogens is 278 g/mol. The number of aromatic nitrogens is 1. The van der Waals surface area contributed by atoms with E-state index in [9.17, 15) is 0 Å². The van der Waals surface area contributed by atoms with Crippen molar-refractivity contribution < 1.29 is 0 Å². The normalized spacial score (nSPS) is 11.3. The van der Waals surface area contributed by atoms with Crippen LogP contribution in [-0.2, 0) is 13.1 Å². The van der Waals surface area contributed by atoms with Crippen LogP contribution < -0.4 is 5.73 Å². The molecular formula is C17H19N3S. The first-order valence-corrected chi connectivity index (χ1v) is 8.03. The Hall–Kier alpha value is -1.91. The lowest BCUT2D eigenvalue weighted by Crippen LogP contribution is -2.22. The molecule has 0 bridgehead atoms. The highest BCUT2D eigenvalue weighted by Gasteiger charge is 2.10. The molecule has 2 heterocycles. The maximum Gasteiger partial charge on any atom is 0.128 e. The molecule has 3 rings (SSSR count). The van der Waals surface area contributed by atoms with Crippen molar-refractivity contribution in [2.45, 2.75) is 20.0 Å². The molecule has 0 atom stereocenters. The van der Waals surface area contributed by atoms with E-state index in [1.807, 2.05) is 18.2 Å². The van der Waals surface area contributed by atoms with Crippen LogP contribution >= 0.6 is 11.3 Å². The summed E-state index contributed by atoms with van der Waals surface area (Å²) in [5, 5.41) is 3.27. The van der Waals surface area contributed by atoms with Gasteiger partial charge in [-0.15, -0.1) is 11.3 Å². The average molecular weight is 297 g/mol. The second-order valence-corrected chi connectivity index (χ2v) is 6.14. The number of rotatable bonds is 5. The molecule has 0 unspecified atom stereocenters. The quantitative estimate of drug-likeness (QED) is 0.776. The zero-order chi connectivity index (χ0) is 14.7. The van der Waals surface area contributed by atoms with Crippen LogP contribution in [-0.4, -0.2) is 16.4 Å². The van der Waals surface area contributed by atoms with E-state index < -0.39 is 0 Å². The second kappa shape index (κ2) is 6.24. The maximum absolute atomic E-state index is 6.13. The third kappa shape index (κ3) is 3.23. The number of hydrogen-bond acceptors (Lipinski definition) is 4. The summed E-state index contributed by atoms with van der Waals surface area (Å²) in [6, 6.07) is 14.5. The molecule has 3 aromatic rings. The van der Waals surface area contributed by atoms with Crippen molar-refractivity contribution >= 4 is 28.1 Å². The lowest BCUT2D eigenvalue weighted by Gasteiger charge is -2.20. The van der Waals surface area contributed by atoms with E-state index >= 15 is 0 Å². The van der Waals surface area contributed by atoms with E-state index in [0.717, 1.165) is 36.1 Å². The SMILES string of the molecule is CCN(Cc1cccs1)Cc1cc2ccccc2nc1N. The molecule has 21 heavy (non-hydrogen) atoms. The minimum atomic E-state index is 0.637. The predicted octanol–water partition coefficient (Wildman–Crippen LogP) is 3.90. The Balaban J connectivity index is 1.83. The lowest BCUT2D eigenvalue weighted by atomic mass is 10.1. The summed E-state index contributed by atoms with van der Waals surface area (Å²) in [7, 11) is 0. The largest absolute Gasteiger partial charge is 0.383 e. The summed E-state index contributed by atoms with van der Waals surface area (Å²) in [6.45, 7) is 4.96. The molecule has 4 heteroatoms. The van der Waals surface area contributed by atoms with Crippen molar-refractivity contribution in [3.63, 3.8) is 0 Å². The first kappa shape index (κ1) is 14.0. The van der Waals surface area contributed by atoms with Gasteiger partial charge in [0.1, 0.15) is 5.82 Å². The van der Waals surface area contributed by atoms with Gasteiger partial charge in [-0.1, -0.05) is 31.2 Å². The van der Waals surface area contributed by atoms with E-state index in [1.54, 1.807) is 11.3 Å². The van der Waals surface area contributed by atoms with Crippen LogP contribution in [0.5, 0.6) is 0 Å². The van der Waals surface area contributed by atoms with Crippen molar-refractivity contribution in [2.75, 3.05) is 12.3 Å². The summed E-state index contributed by atoms with van der Waals surface area (Å²) < 4.78 is 0. The van der Waals surface area contributed by atoms with Crippen LogP contribution in [0.3, 0.4) is 0 Å². The lowest BCUT2D eigenvalue weighted by molar-refractivity contribution is 0.274. The van der Waals surface area contributed by atoms with Gasteiger partial charge in [-0.2, -0.15) is 0 Å². The molecule has 0 aliphatic carbocycles. The van der Waals surface area contributed by atoms with Gasteiger partial charge in [0.2, 0.25) is 0 Å². The number of pyridine rings is 1. The smallest absolute Gasteiger partial charge is 0.128 e. The molecule has 0 saturated carbocycles. The number of fused-ring (bicyclic) bond motifs is 1. The molecule has 3 nitrogen and oxygen atoms in total. The average Bonchev–Trinajstić information content (AvgIpc) is 3.00. The van der Waals surface area contributed by atoms with Crippen molar-refractivity contribution in [1.29, 1.82) is 0 Å². The highest BCUT2D eigenvalue weighted by atomic mass is 32.1. The first-order chi connectivity index (χ1) is 10.3. The van der Waals surface area contributed by atoms with Crippen molar-refractivity contribution in [3.8, 4) is 0 Å². The maximum atomic E-state index is 6.13. The molecule has 108 valence electrons. The van der Waals surface area contributed by atoms with Crippen molar-refractivity contribution in [1.82, 2.24) is 9.88 Å². The molecule has 2 N–H and O–H groups in total. The Bertz CT molecular complexity index is 722. The zero-order valence-electron chi connectivity index (χ0n) is 12.1. The Morgan fingerprint density at radius 2 is 2.00 bits per heavy atom. The Kier molecular flexibility index (Phi) is 4.18. The van der Waals surface area contributed by atoms with Gasteiger partial charge in [0.15, 0.2) is 0 Å². The Labute approximate surface area is 129 Å². The van der Waals surface area contributed by atoms with Crippen LogP contribution in [0, 0.1) is 0 Å². The van der Waals surface area contributed by atoms with Gasteiger partial charge in [-0.05, 0) is 30.1 Å². The topological polar surface area (TPSA) is 42.2 Å². The summed E-state index contributed by atoms with van der Waals surface area (Å²) >= 11 is 1.80. The van der Waals surface area contributed by atoms with Crippen LogP contribution in [0.15, 0.2) is 47.8 Å². The molecule has 1 aromatic carbocycles. The van der Waals surface area contributed by atoms with Gasteiger partial charge >= 0.3 is 0 Å². The van der Waals surface area contributed by atoms with Crippen LogP contribution in [0.2, 0.25) is 0 Å². The van der Waals surface area contributed by atoms with Gasteiger partial charge in [-0.25, -0.2) is 4.98 Å². The molecule has 0 radical (unpaired) electrons. The second-order valence-electron chi connectivity index (χ2n) is 5.11. The number of benzene rings is 1. The number of hydrogen-bond donors (Lipinski definition) is 1. The van der Waals surface area contributed by atoms with E-state index in [0.29, 0.717) is 5.82 Å². The zero-order valence-corrected chi connectivity index (χ0v) is 12.9. The Morgan fingerprint density at radius 3 is 2.76 bits per heavy atom. The standard InChI is InChI=1S/C17H19N3S/c1-2-20(12-15-7-5-9-21-15)11-14-10-13-6-3-4-8-16(13)19-17(14)18/h3-10H,2,11-12H2,1H3,(H2,18,19). The molecule has 0 spiro atoms. The molecule has 0 amide bonds. The minimum absolute atomic E-state index is 0.637. The monoisotopic (exact) mass is 297 g/mol. The van der Waals surface area contributed by atoms with E-state index in [-0.39, 0.29) is 0 Å². The van der Waals surface area contributed by atoms with Crippen LogP contribution in [0.4, 0.5) is 5.82 Å². The van der Waals surface area contributed by atoms with Gasteiger partial charge in [0.25, 0.3) is 0 Å². The summed E-state index contributed by atoms with van der Waals surface area (Å²) in [5.74, 6) is 0.637. The third-order valence-electron chi connectivity index (χ3n) is 3.64. The number of nitrogen functional groups attached to an aromatic ring is 1. The van der Waals surface area contributed by atoms with E-state index in [4.69, 9.17) is 5.73 Å². The van der Waals surface area contributed by atoms with Crippen LogP contribution in [0.1, 0.15) is 17.4 Å². The van der Waals surface area contributed by atoms with Gasteiger partial charge < -0.3 is 5.73 Å². The third-order valence-corrected chi connectivity index (χ3v) is 4.50. The minimum Gasteiger partial charge on any atom is -0.383 e. The molecule has 0 saturated heterocycles. The summed E-state index contributed by atoms with van der Waals surface area (Å²) in [6.07, 6.45) is 0. The molecule has 0 aliphatic heterocycles. The van der Waals surface area contributed by atoms with Crippen LogP contribution in [0.25, 0.3) is 10.9 Å². The number of nitrogens with zero attached hydrogens (tertiary/aromatic N) is 2. The van der Waals surface area contributed by atoms with E-state index in [1.165, 1.54) is 4.88 Å². The predicted molar refractivity (Wildman–Crippen MR) is 90.3 cm³/mol. The molecule has 2 aromatic heterocycles. The highest BCUT2D eigenvalue weighted by Crippen LogP contribution is 2.21. The fourth-order valence-electron chi connectivity index (χ4n) is 2.44. The molecule has 0 fully saturated rings. The Morgan fingerprint density at radius 1 is 1.14 bits per heavy atom. The number of para-hydroxylation sites is 1. The van der Waals surface area contributed by atoms with Gasteiger partial charge in [0, 0.05) is 28.9 Å². The highest BCUT2D eigenvalue weighted by molar-refractivity contribution is 7.09. The summed E-state index contributed by atoms with van der Waals surface area (Å²) in [5.41, 5.74) is 8.19. The first-order valence-electron chi connectivity index (χ1n) is 7.15. The van der Waals surface area contributed by atoms with Crippen molar-refractivity contribution in [2.24, 2.45) is 0 Å². The fraction of sp³-hybridized carbons (Fsp3) is 0.235. The van der Waals surface area contributed by atoms with Gasteiger partial charge in [0.05, 0.1) is 5.52 Å². The fourth-order valence-corrected chi connectivity index (χ4v) is 3.19. The molecule has 0 aliphatic rings.